The van der Waals surface area contributed by atoms with Crippen LogP contribution in [-0.2, 0) is 11.2 Å². The number of carbonyl (C=O) groups excluding carboxylic acids is 1. The van der Waals surface area contributed by atoms with E-state index < -0.39 is 0 Å². The average Bonchev–Trinajstić information content (AvgIpc) is 2.74. The highest BCUT2D eigenvalue weighted by Gasteiger charge is 2.39. The predicted octanol–water partition coefficient (Wildman–Crippen LogP) is 2.29. The van der Waals surface area contributed by atoms with Crippen molar-refractivity contribution in [3.63, 3.8) is 0 Å². The van der Waals surface area contributed by atoms with Crippen LogP contribution in [0.15, 0.2) is 18.2 Å². The lowest BCUT2D eigenvalue weighted by Gasteiger charge is -2.19. The fraction of sp³-hybridized carbons (Fsp3) is 0.417. The molecule has 0 aromatic heterocycles. The Bertz CT molecular complexity index is 418. The number of aldehydes is 1. The van der Waals surface area contributed by atoms with E-state index >= 15 is 0 Å². The summed E-state index contributed by atoms with van der Waals surface area (Å²) in [7, 11) is 0. The van der Waals surface area contributed by atoms with Crippen LogP contribution in [0.2, 0.25) is 5.02 Å². The van der Waals surface area contributed by atoms with Crippen LogP contribution in [-0.4, -0.2) is 18.9 Å². The Morgan fingerprint density at radius 2 is 2.33 bits per heavy atom. The molecule has 2 heterocycles. The molecule has 3 rings (SSSR count). The van der Waals surface area contributed by atoms with Crippen molar-refractivity contribution in [1.29, 1.82) is 0 Å². The third-order valence-corrected chi connectivity index (χ3v) is 3.79. The molecule has 2 nitrogen and oxygen atoms in total. The number of hydrogen-bond acceptors (Lipinski definition) is 2. The zero-order chi connectivity index (χ0) is 10.4. The third kappa shape index (κ3) is 1.28. The summed E-state index contributed by atoms with van der Waals surface area (Å²) in [5.41, 5.74) is 2.56. The monoisotopic (exact) mass is 221 g/mol. The number of benzene rings is 1. The van der Waals surface area contributed by atoms with Crippen LogP contribution in [0.1, 0.15) is 12.0 Å². The third-order valence-electron chi connectivity index (χ3n) is 3.55. The van der Waals surface area contributed by atoms with Gasteiger partial charge in [0.15, 0.2) is 0 Å². The average molecular weight is 222 g/mol. The van der Waals surface area contributed by atoms with E-state index in [1.807, 2.05) is 12.1 Å². The van der Waals surface area contributed by atoms with Crippen molar-refractivity contribution in [2.75, 3.05) is 11.4 Å². The summed E-state index contributed by atoms with van der Waals surface area (Å²) in [6.07, 6.45) is 3.08. The van der Waals surface area contributed by atoms with Gasteiger partial charge in [0.2, 0.25) is 0 Å². The number of fused-ring (bicyclic) bond motifs is 3. The summed E-state index contributed by atoms with van der Waals surface area (Å²) < 4.78 is 0. The Balaban J connectivity index is 2.00. The van der Waals surface area contributed by atoms with Crippen LogP contribution in [0.3, 0.4) is 0 Å². The molecule has 2 aliphatic heterocycles. The molecule has 1 aromatic carbocycles. The van der Waals surface area contributed by atoms with Crippen molar-refractivity contribution in [2.45, 2.75) is 18.9 Å². The molecule has 0 saturated carbocycles. The Kier molecular flexibility index (Phi) is 1.99. The Hall–Kier alpha value is -1.02. The van der Waals surface area contributed by atoms with E-state index in [0.717, 1.165) is 30.7 Å². The van der Waals surface area contributed by atoms with Gasteiger partial charge in [-0.2, -0.15) is 0 Å². The van der Waals surface area contributed by atoms with E-state index in [4.69, 9.17) is 11.6 Å². The normalized spacial score (nSPS) is 27.7. The molecule has 0 N–H and O–H groups in total. The van der Waals surface area contributed by atoms with Crippen molar-refractivity contribution in [1.82, 2.24) is 0 Å². The molecule has 2 unspecified atom stereocenters. The quantitative estimate of drug-likeness (QED) is 0.679. The highest BCUT2D eigenvalue weighted by Crippen LogP contribution is 2.40. The molecule has 1 aromatic rings. The molecule has 0 spiro atoms. The van der Waals surface area contributed by atoms with E-state index in [2.05, 4.69) is 11.0 Å². The van der Waals surface area contributed by atoms with Gasteiger partial charge < -0.3 is 9.69 Å². The molecule has 0 bridgehead atoms. The molecule has 78 valence electrons. The van der Waals surface area contributed by atoms with Gasteiger partial charge in [0, 0.05) is 29.2 Å². The molecular weight excluding hydrogens is 210 g/mol. The Labute approximate surface area is 93.8 Å². The van der Waals surface area contributed by atoms with Crippen molar-refractivity contribution in [2.24, 2.45) is 5.92 Å². The summed E-state index contributed by atoms with van der Waals surface area (Å²) in [6.45, 7) is 1.00. The second-order valence-corrected chi connectivity index (χ2v) is 4.76. The molecule has 1 saturated heterocycles. The van der Waals surface area contributed by atoms with Crippen LogP contribution in [0.4, 0.5) is 5.69 Å². The maximum Gasteiger partial charge on any atom is 0.125 e. The predicted molar refractivity (Wildman–Crippen MR) is 60.5 cm³/mol. The zero-order valence-corrected chi connectivity index (χ0v) is 9.07. The molecule has 15 heavy (non-hydrogen) atoms. The van der Waals surface area contributed by atoms with Crippen LogP contribution in [0.5, 0.6) is 0 Å². The number of anilines is 1. The van der Waals surface area contributed by atoms with Gasteiger partial charge in [0.1, 0.15) is 6.29 Å². The van der Waals surface area contributed by atoms with Crippen LogP contribution in [0.25, 0.3) is 0 Å². The van der Waals surface area contributed by atoms with Gasteiger partial charge in [0.05, 0.1) is 0 Å². The number of carbonyl (C=O) groups is 1. The smallest absolute Gasteiger partial charge is 0.125 e. The second kappa shape index (κ2) is 3.24. The number of halogens is 1. The number of rotatable bonds is 1. The van der Waals surface area contributed by atoms with Crippen LogP contribution >= 0.6 is 11.6 Å². The number of hydrogen-bond donors (Lipinski definition) is 0. The van der Waals surface area contributed by atoms with Crippen molar-refractivity contribution >= 4 is 23.6 Å². The Morgan fingerprint density at radius 3 is 3.13 bits per heavy atom. The minimum absolute atomic E-state index is 0.205. The van der Waals surface area contributed by atoms with E-state index in [-0.39, 0.29) is 5.92 Å². The number of nitrogens with zero attached hydrogens (tertiary/aromatic N) is 1. The summed E-state index contributed by atoms with van der Waals surface area (Å²) in [5, 5.41) is 0.789. The minimum atomic E-state index is 0.205. The van der Waals surface area contributed by atoms with Gasteiger partial charge in [-0.25, -0.2) is 0 Å². The second-order valence-electron chi connectivity index (χ2n) is 4.33. The molecule has 0 radical (unpaired) electrons. The van der Waals surface area contributed by atoms with Gasteiger partial charge in [-0.15, -0.1) is 0 Å². The zero-order valence-electron chi connectivity index (χ0n) is 8.32. The van der Waals surface area contributed by atoms with E-state index in [0.29, 0.717) is 6.04 Å². The Morgan fingerprint density at radius 1 is 1.47 bits per heavy atom. The summed E-state index contributed by atoms with van der Waals surface area (Å²) in [5.74, 6) is 0.205. The first-order valence-corrected chi connectivity index (χ1v) is 5.68. The molecule has 1 fully saturated rings. The largest absolute Gasteiger partial charge is 0.367 e. The van der Waals surface area contributed by atoms with Gasteiger partial charge in [-0.3, -0.25) is 0 Å². The lowest BCUT2D eigenvalue weighted by Crippen LogP contribution is -2.29. The highest BCUT2D eigenvalue weighted by atomic mass is 35.5. The maximum absolute atomic E-state index is 10.9. The first kappa shape index (κ1) is 9.22. The molecule has 0 aliphatic carbocycles. The van der Waals surface area contributed by atoms with E-state index in [1.54, 1.807) is 0 Å². The van der Waals surface area contributed by atoms with Gasteiger partial charge >= 0.3 is 0 Å². The minimum Gasteiger partial charge on any atom is -0.367 e. The molecule has 3 heteroatoms. The van der Waals surface area contributed by atoms with Gasteiger partial charge in [0.25, 0.3) is 0 Å². The lowest BCUT2D eigenvalue weighted by molar-refractivity contribution is -0.111. The van der Waals surface area contributed by atoms with Crippen LogP contribution < -0.4 is 4.90 Å². The highest BCUT2D eigenvalue weighted by molar-refractivity contribution is 6.30. The van der Waals surface area contributed by atoms with Gasteiger partial charge in [-0.1, -0.05) is 11.6 Å². The van der Waals surface area contributed by atoms with Crippen LogP contribution in [0, 0.1) is 5.92 Å². The summed E-state index contributed by atoms with van der Waals surface area (Å²) >= 11 is 5.96. The van der Waals surface area contributed by atoms with E-state index in [9.17, 15) is 4.79 Å². The first-order chi connectivity index (χ1) is 7.29. The molecular formula is C12H12ClNO. The molecule has 0 amide bonds. The standard InChI is InChI=1S/C12H12ClNO/c13-10-1-2-11-9(5-10)6-12-8(7-15)3-4-14(11)12/h1-2,5,7-8,12H,3-4,6H2. The van der Waals surface area contributed by atoms with Crippen molar-refractivity contribution in [3.8, 4) is 0 Å². The van der Waals surface area contributed by atoms with Crippen molar-refractivity contribution < 1.29 is 4.79 Å². The summed E-state index contributed by atoms with van der Waals surface area (Å²) in [6, 6.07) is 6.41. The van der Waals surface area contributed by atoms with E-state index in [1.165, 1.54) is 11.3 Å². The molecule has 2 aliphatic rings. The SMILES string of the molecule is O=CC1CCN2c3ccc(Cl)cc3CC12. The lowest BCUT2D eigenvalue weighted by atomic mass is 9.98. The van der Waals surface area contributed by atoms with Gasteiger partial charge in [-0.05, 0) is 36.6 Å². The molecule has 2 atom stereocenters. The van der Waals surface area contributed by atoms with Crippen molar-refractivity contribution in [3.05, 3.63) is 28.8 Å². The maximum atomic E-state index is 10.9. The fourth-order valence-corrected chi connectivity index (χ4v) is 3.01. The summed E-state index contributed by atoms with van der Waals surface area (Å²) in [4.78, 5) is 13.3. The first-order valence-electron chi connectivity index (χ1n) is 5.30. The fourth-order valence-electron chi connectivity index (χ4n) is 2.82. The topological polar surface area (TPSA) is 20.3 Å².